The van der Waals surface area contributed by atoms with Crippen molar-refractivity contribution < 1.29 is 14.6 Å². The highest BCUT2D eigenvalue weighted by Gasteiger charge is 2.52. The van der Waals surface area contributed by atoms with Crippen molar-refractivity contribution in [3.63, 3.8) is 0 Å². The number of phenols is 1. The summed E-state index contributed by atoms with van der Waals surface area (Å²) in [7, 11) is 0. The minimum Gasteiger partial charge on any atom is -0.507 e. The zero-order valence-corrected chi connectivity index (χ0v) is 20.7. The zero-order chi connectivity index (χ0) is 22.8. The summed E-state index contributed by atoms with van der Waals surface area (Å²) < 4.78 is 5.56. The van der Waals surface area contributed by atoms with Crippen LogP contribution in [0.1, 0.15) is 112 Å². The van der Waals surface area contributed by atoms with Crippen molar-refractivity contribution in [1.29, 1.82) is 0 Å². The molecule has 0 radical (unpaired) electrons. The lowest BCUT2D eigenvalue weighted by molar-refractivity contribution is -0.160. The van der Waals surface area contributed by atoms with Crippen LogP contribution in [0.2, 0.25) is 0 Å². The first-order valence-electron chi connectivity index (χ1n) is 11.2. The molecule has 166 valence electrons. The standard InChI is InChI=1S/C26H44O3/c1-12-25(11,22(28)29-15-4)26(13-2,14-3)18-16-19(23(5,6)7)21(27)20(17-18)24(8,9)10/h16-17,27H,12-15H2,1-11H3. The van der Waals surface area contributed by atoms with Crippen LogP contribution in [0.5, 0.6) is 5.75 Å². The minimum atomic E-state index is -0.645. The molecule has 0 saturated carbocycles. The summed E-state index contributed by atoms with van der Waals surface area (Å²) in [6, 6.07) is 4.29. The lowest BCUT2D eigenvalue weighted by atomic mass is 9.56. The van der Waals surface area contributed by atoms with Gasteiger partial charge in [-0.3, -0.25) is 4.79 Å². The van der Waals surface area contributed by atoms with E-state index in [-0.39, 0.29) is 22.2 Å². The van der Waals surface area contributed by atoms with Crippen LogP contribution in [0.3, 0.4) is 0 Å². The van der Waals surface area contributed by atoms with E-state index in [0.29, 0.717) is 18.8 Å². The molecule has 29 heavy (non-hydrogen) atoms. The van der Waals surface area contributed by atoms with E-state index in [0.717, 1.165) is 29.5 Å². The molecule has 0 aliphatic heterocycles. The Labute approximate surface area is 179 Å². The third-order valence-electron chi connectivity index (χ3n) is 6.97. The SMILES string of the molecule is CCOC(=O)C(C)(CC)C(CC)(CC)c1cc(C(C)(C)C)c(O)c(C(C)(C)C)c1. The Morgan fingerprint density at radius 2 is 1.24 bits per heavy atom. The van der Waals surface area contributed by atoms with E-state index in [1.54, 1.807) is 0 Å². The number of esters is 1. The van der Waals surface area contributed by atoms with Crippen LogP contribution in [0, 0.1) is 5.41 Å². The Bertz CT molecular complexity index is 679. The molecule has 1 N–H and O–H groups in total. The first-order valence-corrected chi connectivity index (χ1v) is 11.2. The monoisotopic (exact) mass is 404 g/mol. The highest BCUT2D eigenvalue weighted by Crippen LogP contribution is 2.52. The summed E-state index contributed by atoms with van der Waals surface area (Å²) in [5.74, 6) is 0.248. The lowest BCUT2D eigenvalue weighted by Gasteiger charge is -2.47. The summed E-state index contributed by atoms with van der Waals surface area (Å²) in [4.78, 5) is 13.2. The number of aromatic hydroxyl groups is 1. The summed E-state index contributed by atoms with van der Waals surface area (Å²) in [6.45, 7) is 23.5. The summed E-state index contributed by atoms with van der Waals surface area (Å²) in [5.41, 5.74) is 1.57. The second kappa shape index (κ2) is 8.70. The van der Waals surface area contributed by atoms with Crippen molar-refractivity contribution in [1.82, 2.24) is 0 Å². The minimum absolute atomic E-state index is 0.131. The largest absolute Gasteiger partial charge is 0.507 e. The van der Waals surface area contributed by atoms with Crippen LogP contribution in [0.15, 0.2) is 12.1 Å². The van der Waals surface area contributed by atoms with Crippen LogP contribution in [-0.4, -0.2) is 17.7 Å². The maximum Gasteiger partial charge on any atom is 0.312 e. The maximum absolute atomic E-state index is 13.2. The molecule has 0 aliphatic rings. The van der Waals surface area contributed by atoms with E-state index in [4.69, 9.17) is 4.74 Å². The number of carbonyl (C=O) groups excluding carboxylic acids is 1. The fraction of sp³-hybridized carbons (Fsp3) is 0.731. The Balaban J connectivity index is 4.01. The van der Waals surface area contributed by atoms with Crippen molar-refractivity contribution in [2.45, 2.75) is 112 Å². The van der Waals surface area contributed by atoms with Gasteiger partial charge in [-0.25, -0.2) is 0 Å². The molecule has 0 saturated heterocycles. The summed E-state index contributed by atoms with van der Waals surface area (Å²) in [6.07, 6.45) is 2.35. The molecule has 1 atom stereocenters. The van der Waals surface area contributed by atoms with Gasteiger partial charge in [0.25, 0.3) is 0 Å². The predicted octanol–water partition coefficient (Wildman–Crippen LogP) is 7.02. The van der Waals surface area contributed by atoms with Crippen molar-refractivity contribution >= 4 is 5.97 Å². The van der Waals surface area contributed by atoms with Gasteiger partial charge in [0.2, 0.25) is 0 Å². The molecule has 1 aromatic carbocycles. The van der Waals surface area contributed by atoms with Crippen LogP contribution in [0.25, 0.3) is 0 Å². The summed E-state index contributed by atoms with van der Waals surface area (Å²) in [5, 5.41) is 11.2. The topological polar surface area (TPSA) is 46.5 Å². The molecular weight excluding hydrogens is 360 g/mol. The molecule has 3 heteroatoms. The maximum atomic E-state index is 13.2. The first kappa shape index (κ1) is 25.5. The normalized spacial score (nSPS) is 15.1. The van der Waals surface area contributed by atoms with Gasteiger partial charge in [-0.15, -0.1) is 0 Å². The van der Waals surface area contributed by atoms with Gasteiger partial charge in [-0.05, 0) is 60.6 Å². The molecule has 1 aromatic rings. The molecule has 0 fully saturated rings. The predicted molar refractivity (Wildman–Crippen MR) is 123 cm³/mol. The number of benzene rings is 1. The third kappa shape index (κ3) is 4.49. The van der Waals surface area contributed by atoms with Crippen molar-refractivity contribution in [2.75, 3.05) is 6.61 Å². The summed E-state index contributed by atoms with van der Waals surface area (Å²) >= 11 is 0. The Morgan fingerprint density at radius 3 is 1.52 bits per heavy atom. The molecular formula is C26H44O3. The first-order chi connectivity index (χ1) is 13.2. The van der Waals surface area contributed by atoms with E-state index < -0.39 is 5.41 Å². The molecule has 0 amide bonds. The number of hydrogen-bond acceptors (Lipinski definition) is 3. The fourth-order valence-electron chi connectivity index (χ4n) is 4.78. The Kier molecular flexibility index (Phi) is 7.65. The average Bonchev–Trinajstić information content (AvgIpc) is 2.61. The Morgan fingerprint density at radius 1 is 0.828 bits per heavy atom. The van der Waals surface area contributed by atoms with Crippen LogP contribution >= 0.6 is 0 Å². The van der Waals surface area contributed by atoms with Gasteiger partial charge >= 0.3 is 5.97 Å². The highest BCUT2D eigenvalue weighted by molar-refractivity contribution is 5.79. The van der Waals surface area contributed by atoms with Crippen molar-refractivity contribution in [3.8, 4) is 5.75 Å². The number of ether oxygens (including phenoxy) is 1. The molecule has 1 unspecified atom stereocenters. The Hall–Kier alpha value is -1.51. The van der Waals surface area contributed by atoms with E-state index in [2.05, 4.69) is 81.4 Å². The van der Waals surface area contributed by atoms with Crippen LogP contribution < -0.4 is 0 Å². The van der Waals surface area contributed by atoms with Gasteiger partial charge in [0.05, 0.1) is 12.0 Å². The third-order valence-corrected chi connectivity index (χ3v) is 6.97. The zero-order valence-electron chi connectivity index (χ0n) is 20.7. The van der Waals surface area contributed by atoms with Crippen LogP contribution in [0.4, 0.5) is 0 Å². The lowest BCUT2D eigenvalue weighted by Crippen LogP contribution is -2.49. The molecule has 1 rings (SSSR count). The van der Waals surface area contributed by atoms with Crippen molar-refractivity contribution in [3.05, 3.63) is 28.8 Å². The molecule has 3 nitrogen and oxygen atoms in total. The highest BCUT2D eigenvalue weighted by atomic mass is 16.5. The number of phenolic OH excluding ortho intramolecular Hbond substituents is 1. The smallest absolute Gasteiger partial charge is 0.312 e. The number of rotatable bonds is 7. The number of hydrogen-bond donors (Lipinski definition) is 1. The van der Waals surface area contributed by atoms with Gasteiger partial charge in [-0.2, -0.15) is 0 Å². The van der Waals surface area contributed by atoms with E-state index >= 15 is 0 Å². The molecule has 0 heterocycles. The van der Waals surface area contributed by atoms with Gasteiger partial charge in [0.15, 0.2) is 0 Å². The van der Waals surface area contributed by atoms with Gasteiger partial charge in [-0.1, -0.05) is 74.4 Å². The quantitative estimate of drug-likeness (QED) is 0.496. The van der Waals surface area contributed by atoms with Gasteiger partial charge < -0.3 is 9.84 Å². The van der Waals surface area contributed by atoms with E-state index in [9.17, 15) is 9.90 Å². The van der Waals surface area contributed by atoms with Gasteiger partial charge in [0.1, 0.15) is 5.75 Å². The van der Waals surface area contributed by atoms with Gasteiger partial charge in [0, 0.05) is 5.41 Å². The van der Waals surface area contributed by atoms with Crippen molar-refractivity contribution in [2.24, 2.45) is 5.41 Å². The molecule has 0 aliphatic carbocycles. The second-order valence-corrected chi connectivity index (χ2v) is 10.6. The average molecular weight is 405 g/mol. The van der Waals surface area contributed by atoms with Crippen LogP contribution in [-0.2, 0) is 25.8 Å². The molecule has 0 bridgehead atoms. The number of carbonyl (C=O) groups is 1. The fourth-order valence-corrected chi connectivity index (χ4v) is 4.78. The second-order valence-electron chi connectivity index (χ2n) is 10.6. The molecule has 0 aromatic heterocycles. The molecule has 0 spiro atoms. The van der Waals surface area contributed by atoms with E-state index in [1.165, 1.54) is 0 Å². The van der Waals surface area contributed by atoms with E-state index in [1.807, 2.05) is 6.92 Å².